The highest BCUT2D eigenvalue weighted by molar-refractivity contribution is 7.92. The number of aromatic nitrogens is 2. The summed E-state index contributed by atoms with van der Waals surface area (Å²) in [5.74, 6) is -0.196. The Morgan fingerprint density at radius 2 is 1.53 bits per heavy atom. The summed E-state index contributed by atoms with van der Waals surface area (Å²) in [4.78, 5) is 12.7. The number of hydrogen-bond donors (Lipinski definition) is 1. The molecule has 174 valence electrons. The maximum Gasteiger partial charge on any atom is 0.322 e. The zero-order valence-electron chi connectivity index (χ0n) is 19.2. The second kappa shape index (κ2) is 9.11. The summed E-state index contributed by atoms with van der Waals surface area (Å²) in [6.07, 6.45) is 0. The van der Waals surface area contributed by atoms with Crippen molar-refractivity contribution in [1.82, 2.24) is 10.2 Å². The number of benzene rings is 3. The second-order valence-electron chi connectivity index (χ2n) is 7.93. The Kier molecular flexibility index (Phi) is 6.21. The van der Waals surface area contributed by atoms with Gasteiger partial charge >= 0.3 is 6.01 Å². The molecule has 0 radical (unpaired) electrons. The molecule has 1 aromatic heterocycles. The molecule has 3 aromatic carbocycles. The Morgan fingerprint density at radius 3 is 2.15 bits per heavy atom. The summed E-state index contributed by atoms with van der Waals surface area (Å²) >= 11 is 0. The van der Waals surface area contributed by atoms with Crippen molar-refractivity contribution in [3.05, 3.63) is 89.0 Å². The van der Waals surface area contributed by atoms with Crippen LogP contribution in [0.1, 0.15) is 27.0 Å². The van der Waals surface area contributed by atoms with Crippen LogP contribution in [0.2, 0.25) is 0 Å². The first-order valence-electron chi connectivity index (χ1n) is 10.5. The largest absolute Gasteiger partial charge is 0.403 e. The Balaban J connectivity index is 1.49. The third-order valence-corrected chi connectivity index (χ3v) is 7.51. The number of anilines is 2. The van der Waals surface area contributed by atoms with E-state index in [0.29, 0.717) is 11.6 Å². The van der Waals surface area contributed by atoms with Gasteiger partial charge in [0.15, 0.2) is 0 Å². The molecule has 1 N–H and O–H groups in total. The fourth-order valence-corrected chi connectivity index (χ4v) is 4.63. The highest BCUT2D eigenvalue weighted by Gasteiger charge is 2.22. The molecule has 0 aliphatic rings. The van der Waals surface area contributed by atoms with Gasteiger partial charge in [-0.15, -0.1) is 5.10 Å². The number of carbonyl (C=O) groups excluding carboxylic acids is 1. The quantitative estimate of drug-likeness (QED) is 0.431. The number of sulfonamides is 1. The van der Waals surface area contributed by atoms with Crippen LogP contribution in [-0.2, 0) is 10.0 Å². The lowest BCUT2D eigenvalue weighted by atomic mass is 10.0. The van der Waals surface area contributed by atoms with Crippen LogP contribution in [0.15, 0.2) is 76.0 Å². The summed E-state index contributed by atoms with van der Waals surface area (Å²) < 4.78 is 32.6. The van der Waals surface area contributed by atoms with Gasteiger partial charge in [0.05, 0.1) is 10.6 Å². The predicted molar refractivity (Wildman–Crippen MR) is 130 cm³/mol. The van der Waals surface area contributed by atoms with Crippen LogP contribution >= 0.6 is 0 Å². The molecule has 4 aromatic rings. The minimum atomic E-state index is -3.77. The van der Waals surface area contributed by atoms with E-state index in [1.54, 1.807) is 24.3 Å². The molecular formula is C25H24N4O4S. The van der Waals surface area contributed by atoms with Crippen LogP contribution in [0.25, 0.3) is 11.5 Å². The molecule has 0 aliphatic carbocycles. The van der Waals surface area contributed by atoms with Crippen molar-refractivity contribution in [3.63, 3.8) is 0 Å². The van der Waals surface area contributed by atoms with Crippen LogP contribution < -0.4 is 9.62 Å². The van der Waals surface area contributed by atoms with Crippen molar-refractivity contribution >= 4 is 27.6 Å². The lowest BCUT2D eigenvalue weighted by Gasteiger charge is -2.19. The average molecular weight is 477 g/mol. The molecule has 0 atom stereocenters. The Hall–Kier alpha value is -3.98. The summed E-state index contributed by atoms with van der Waals surface area (Å²) in [6.45, 7) is 6.06. The fraction of sp³-hybridized carbons (Fsp3) is 0.160. The zero-order valence-corrected chi connectivity index (χ0v) is 20.1. The van der Waals surface area contributed by atoms with Crippen molar-refractivity contribution in [2.75, 3.05) is 16.7 Å². The fourth-order valence-electron chi connectivity index (χ4n) is 3.43. The summed E-state index contributed by atoms with van der Waals surface area (Å²) in [6, 6.07) is 18.3. The minimum absolute atomic E-state index is 0.0450. The number of para-hydroxylation sites is 1. The van der Waals surface area contributed by atoms with E-state index >= 15 is 0 Å². The molecule has 0 saturated heterocycles. The topological polar surface area (TPSA) is 105 Å². The van der Waals surface area contributed by atoms with E-state index in [1.807, 2.05) is 39.0 Å². The lowest BCUT2D eigenvalue weighted by molar-refractivity contribution is 0.102. The summed E-state index contributed by atoms with van der Waals surface area (Å²) in [5.41, 5.74) is 4.96. The molecule has 34 heavy (non-hydrogen) atoms. The van der Waals surface area contributed by atoms with E-state index < -0.39 is 15.9 Å². The van der Waals surface area contributed by atoms with Crippen LogP contribution in [0, 0.1) is 20.8 Å². The van der Waals surface area contributed by atoms with Crippen LogP contribution in [0.4, 0.5) is 11.7 Å². The van der Waals surface area contributed by atoms with E-state index in [4.69, 9.17) is 4.42 Å². The lowest BCUT2D eigenvalue weighted by Crippen LogP contribution is -2.26. The molecule has 1 amide bonds. The average Bonchev–Trinajstić information content (AvgIpc) is 3.30. The second-order valence-corrected chi connectivity index (χ2v) is 9.90. The van der Waals surface area contributed by atoms with Gasteiger partial charge in [0.2, 0.25) is 5.89 Å². The van der Waals surface area contributed by atoms with Crippen LogP contribution in [-0.4, -0.2) is 31.6 Å². The number of nitrogens with one attached hydrogen (secondary N) is 1. The highest BCUT2D eigenvalue weighted by Crippen LogP contribution is 2.26. The minimum Gasteiger partial charge on any atom is -0.403 e. The number of rotatable bonds is 6. The number of carbonyl (C=O) groups is 1. The van der Waals surface area contributed by atoms with Gasteiger partial charge in [0.1, 0.15) is 0 Å². The number of aryl methyl sites for hydroxylation is 2. The number of amides is 1. The molecule has 0 unspecified atom stereocenters. The van der Waals surface area contributed by atoms with Gasteiger partial charge in [-0.05, 0) is 86.0 Å². The van der Waals surface area contributed by atoms with Crippen molar-refractivity contribution in [1.29, 1.82) is 0 Å². The third-order valence-electron chi connectivity index (χ3n) is 5.71. The first kappa shape index (κ1) is 23.2. The SMILES string of the molecule is Cc1cc(-c2nnc(NC(=O)c3ccc(S(=O)(=O)N(C)c4ccccc4)cc3)o2)cc(C)c1C. The van der Waals surface area contributed by atoms with Gasteiger partial charge in [0, 0.05) is 18.2 Å². The number of hydrogen-bond acceptors (Lipinski definition) is 6. The van der Waals surface area contributed by atoms with E-state index in [-0.39, 0.29) is 16.5 Å². The van der Waals surface area contributed by atoms with E-state index in [0.717, 1.165) is 16.7 Å². The van der Waals surface area contributed by atoms with Crippen LogP contribution in [0.5, 0.6) is 0 Å². The van der Waals surface area contributed by atoms with Crippen molar-refractivity contribution in [3.8, 4) is 11.5 Å². The van der Waals surface area contributed by atoms with Crippen molar-refractivity contribution in [2.24, 2.45) is 0 Å². The molecule has 9 heteroatoms. The van der Waals surface area contributed by atoms with E-state index in [9.17, 15) is 13.2 Å². The summed E-state index contributed by atoms with van der Waals surface area (Å²) in [7, 11) is -2.29. The van der Waals surface area contributed by atoms with E-state index in [1.165, 1.54) is 41.2 Å². The first-order chi connectivity index (χ1) is 16.2. The standard InChI is InChI=1S/C25H24N4O4S/c1-16-14-20(15-17(2)18(16)3)24-27-28-25(33-24)26-23(30)19-10-12-22(13-11-19)34(31,32)29(4)21-8-6-5-7-9-21/h5-15H,1-4H3,(H,26,28,30). The molecule has 0 fully saturated rings. The Morgan fingerprint density at radius 1 is 0.912 bits per heavy atom. The molecule has 0 spiro atoms. The predicted octanol–water partition coefficient (Wildman–Crippen LogP) is 4.74. The molecule has 4 rings (SSSR count). The van der Waals surface area contributed by atoms with Gasteiger partial charge in [-0.1, -0.05) is 23.3 Å². The number of nitrogens with zero attached hydrogens (tertiary/aromatic N) is 3. The maximum atomic E-state index is 12.9. The van der Waals surface area contributed by atoms with Crippen molar-refractivity contribution < 1.29 is 17.6 Å². The highest BCUT2D eigenvalue weighted by atomic mass is 32.2. The van der Waals surface area contributed by atoms with Gasteiger partial charge in [0.25, 0.3) is 15.9 Å². The van der Waals surface area contributed by atoms with E-state index in [2.05, 4.69) is 15.5 Å². The maximum absolute atomic E-state index is 12.9. The molecule has 0 bridgehead atoms. The molecule has 0 aliphatic heterocycles. The Bertz CT molecular complexity index is 1420. The third kappa shape index (κ3) is 4.55. The molecule has 8 nitrogen and oxygen atoms in total. The van der Waals surface area contributed by atoms with Gasteiger partial charge in [-0.2, -0.15) is 0 Å². The summed E-state index contributed by atoms with van der Waals surface area (Å²) in [5, 5.41) is 10.5. The van der Waals surface area contributed by atoms with Gasteiger partial charge in [-0.3, -0.25) is 14.4 Å². The monoisotopic (exact) mass is 476 g/mol. The normalized spacial score (nSPS) is 11.3. The van der Waals surface area contributed by atoms with Gasteiger partial charge in [-0.25, -0.2) is 8.42 Å². The van der Waals surface area contributed by atoms with Crippen molar-refractivity contribution in [2.45, 2.75) is 25.7 Å². The van der Waals surface area contributed by atoms with Crippen LogP contribution in [0.3, 0.4) is 0 Å². The molecule has 0 saturated carbocycles. The van der Waals surface area contributed by atoms with Gasteiger partial charge < -0.3 is 4.42 Å². The Labute approximate surface area is 198 Å². The molecule has 1 heterocycles. The smallest absolute Gasteiger partial charge is 0.322 e. The zero-order chi connectivity index (χ0) is 24.5. The molecular weight excluding hydrogens is 452 g/mol. The first-order valence-corrected chi connectivity index (χ1v) is 12.0.